The molecular weight excluding hydrogens is 350 g/mol. The van der Waals surface area contributed by atoms with E-state index in [-0.39, 0.29) is 18.1 Å². The molecule has 0 aliphatic heterocycles. The van der Waals surface area contributed by atoms with Gasteiger partial charge in [-0.25, -0.2) is 13.2 Å². The largest absolute Gasteiger partial charge is 0.463 e. The van der Waals surface area contributed by atoms with Gasteiger partial charge in [-0.2, -0.15) is 0 Å². The van der Waals surface area contributed by atoms with Crippen molar-refractivity contribution in [2.75, 3.05) is 6.61 Å². The van der Waals surface area contributed by atoms with Crippen molar-refractivity contribution in [3.8, 4) is 11.3 Å². The first-order chi connectivity index (χ1) is 12.5. The fourth-order valence-electron chi connectivity index (χ4n) is 3.33. The van der Waals surface area contributed by atoms with Crippen LogP contribution in [0.15, 0.2) is 60.3 Å². The highest BCUT2D eigenvalue weighted by molar-refractivity contribution is 7.91. The smallest absolute Gasteiger partial charge is 0.335 e. The lowest BCUT2D eigenvalue weighted by Gasteiger charge is -2.24. The van der Waals surface area contributed by atoms with Crippen molar-refractivity contribution in [3.05, 3.63) is 60.3 Å². The summed E-state index contributed by atoms with van der Waals surface area (Å²) in [5.41, 5.74) is 2.08. The van der Waals surface area contributed by atoms with Crippen molar-refractivity contribution >= 4 is 15.8 Å². The van der Waals surface area contributed by atoms with Crippen LogP contribution in [0.4, 0.5) is 0 Å². The van der Waals surface area contributed by atoms with Crippen LogP contribution in [0.5, 0.6) is 0 Å². The molecule has 1 aromatic carbocycles. The standard InChI is InChI=1S/C20H23NO4S/c1-2-25-20(22)17-11-6-7-13-19(17)26(23,24)15-21-14-8-12-18(21)16-9-4-3-5-10-16/h3-5,8-12,14,19H,2,6-7,13,15H2,1H3. The summed E-state index contributed by atoms with van der Waals surface area (Å²) in [6, 6.07) is 13.4. The summed E-state index contributed by atoms with van der Waals surface area (Å²) in [6.07, 6.45) is 5.39. The average molecular weight is 373 g/mol. The van der Waals surface area contributed by atoms with Gasteiger partial charge < -0.3 is 9.30 Å². The molecule has 1 aliphatic rings. The SMILES string of the molecule is CCOC(=O)C1=CCCCC1S(=O)(=O)Cn1cccc1-c1ccccc1. The zero-order chi connectivity index (χ0) is 18.6. The van der Waals surface area contributed by atoms with Gasteiger partial charge in [0.25, 0.3) is 0 Å². The molecule has 1 aliphatic carbocycles. The summed E-state index contributed by atoms with van der Waals surface area (Å²) in [6.45, 7) is 1.95. The Bertz CT molecular complexity index is 897. The van der Waals surface area contributed by atoms with E-state index in [1.807, 2.05) is 42.5 Å². The number of aromatic nitrogens is 1. The zero-order valence-corrected chi connectivity index (χ0v) is 15.6. The fourth-order valence-corrected chi connectivity index (χ4v) is 5.23. The summed E-state index contributed by atoms with van der Waals surface area (Å²) < 4.78 is 33.0. The number of carbonyl (C=O) groups is 1. The Labute approximate surface area is 154 Å². The van der Waals surface area contributed by atoms with Crippen molar-refractivity contribution in [2.45, 2.75) is 37.3 Å². The van der Waals surface area contributed by atoms with E-state index in [1.54, 1.807) is 23.8 Å². The number of nitrogens with zero attached hydrogens (tertiary/aromatic N) is 1. The number of allylic oxidation sites excluding steroid dienone is 1. The van der Waals surface area contributed by atoms with Gasteiger partial charge in [0.1, 0.15) is 5.88 Å². The lowest BCUT2D eigenvalue weighted by atomic mass is 9.99. The summed E-state index contributed by atoms with van der Waals surface area (Å²) in [4.78, 5) is 12.2. The van der Waals surface area contributed by atoms with Crippen LogP contribution in [0.1, 0.15) is 26.2 Å². The minimum atomic E-state index is -3.56. The topological polar surface area (TPSA) is 65.4 Å². The van der Waals surface area contributed by atoms with Crippen molar-refractivity contribution < 1.29 is 17.9 Å². The van der Waals surface area contributed by atoms with Gasteiger partial charge in [-0.1, -0.05) is 36.4 Å². The van der Waals surface area contributed by atoms with Gasteiger partial charge in [0.05, 0.1) is 17.4 Å². The quantitative estimate of drug-likeness (QED) is 0.726. The molecule has 3 rings (SSSR count). The Hall–Kier alpha value is -2.34. The zero-order valence-electron chi connectivity index (χ0n) is 14.8. The van der Waals surface area contributed by atoms with Gasteiger partial charge in [0.2, 0.25) is 0 Å². The Morgan fingerprint density at radius 2 is 1.96 bits per heavy atom. The molecule has 138 valence electrons. The summed E-state index contributed by atoms with van der Waals surface area (Å²) in [7, 11) is -3.56. The van der Waals surface area contributed by atoms with Gasteiger partial charge >= 0.3 is 5.97 Å². The van der Waals surface area contributed by atoms with Crippen LogP contribution in [0.3, 0.4) is 0 Å². The van der Waals surface area contributed by atoms with Crippen LogP contribution in [0, 0.1) is 0 Å². The van der Waals surface area contributed by atoms with Crippen LogP contribution < -0.4 is 0 Å². The van der Waals surface area contributed by atoms with E-state index in [1.165, 1.54) is 0 Å². The first-order valence-electron chi connectivity index (χ1n) is 8.82. The molecule has 1 heterocycles. The number of hydrogen-bond donors (Lipinski definition) is 0. The lowest BCUT2D eigenvalue weighted by molar-refractivity contribution is -0.138. The minimum absolute atomic E-state index is 0.161. The maximum absolute atomic E-state index is 13.1. The van der Waals surface area contributed by atoms with Crippen LogP contribution in [0.25, 0.3) is 11.3 Å². The number of sulfone groups is 1. The number of rotatable bonds is 6. The highest BCUT2D eigenvalue weighted by atomic mass is 32.2. The second kappa shape index (κ2) is 7.91. The molecule has 26 heavy (non-hydrogen) atoms. The van der Waals surface area contributed by atoms with Crippen LogP contribution in [-0.4, -0.2) is 30.8 Å². The van der Waals surface area contributed by atoms with E-state index < -0.39 is 21.1 Å². The van der Waals surface area contributed by atoms with E-state index >= 15 is 0 Å². The Morgan fingerprint density at radius 3 is 2.69 bits per heavy atom. The maximum atomic E-state index is 13.1. The molecule has 0 N–H and O–H groups in total. The Balaban J connectivity index is 1.88. The highest BCUT2D eigenvalue weighted by Gasteiger charge is 2.35. The average Bonchev–Trinajstić information content (AvgIpc) is 3.10. The van der Waals surface area contributed by atoms with Gasteiger partial charge in [-0.05, 0) is 43.9 Å². The van der Waals surface area contributed by atoms with E-state index in [0.717, 1.165) is 17.7 Å². The number of benzene rings is 1. The normalized spacial score (nSPS) is 17.6. The first-order valence-corrected chi connectivity index (χ1v) is 10.5. The van der Waals surface area contributed by atoms with Crippen LogP contribution >= 0.6 is 0 Å². The van der Waals surface area contributed by atoms with Gasteiger partial charge in [-0.3, -0.25) is 0 Å². The first kappa shape index (κ1) is 18.5. The molecule has 1 atom stereocenters. The molecule has 0 radical (unpaired) electrons. The number of esters is 1. The molecule has 6 heteroatoms. The van der Waals surface area contributed by atoms with E-state index in [4.69, 9.17) is 4.74 Å². The number of hydrogen-bond acceptors (Lipinski definition) is 4. The van der Waals surface area contributed by atoms with Gasteiger partial charge in [0.15, 0.2) is 9.84 Å². The molecule has 0 saturated carbocycles. The van der Waals surface area contributed by atoms with Gasteiger partial charge in [-0.15, -0.1) is 0 Å². The predicted octanol–water partition coefficient (Wildman–Crippen LogP) is 3.57. The van der Waals surface area contributed by atoms with Crippen LogP contribution in [-0.2, 0) is 25.2 Å². The van der Waals surface area contributed by atoms with E-state index in [0.29, 0.717) is 12.8 Å². The van der Waals surface area contributed by atoms with Crippen LogP contribution in [0.2, 0.25) is 0 Å². The molecular formula is C20H23NO4S. The highest BCUT2D eigenvalue weighted by Crippen LogP contribution is 2.29. The molecule has 5 nitrogen and oxygen atoms in total. The third-order valence-electron chi connectivity index (χ3n) is 4.54. The minimum Gasteiger partial charge on any atom is -0.463 e. The molecule has 1 unspecified atom stereocenters. The molecule has 0 amide bonds. The molecule has 0 fully saturated rings. The maximum Gasteiger partial charge on any atom is 0.335 e. The third kappa shape index (κ3) is 3.90. The molecule has 2 aromatic rings. The molecule has 0 spiro atoms. The van der Waals surface area contributed by atoms with Crippen molar-refractivity contribution in [1.29, 1.82) is 0 Å². The monoisotopic (exact) mass is 373 g/mol. The van der Waals surface area contributed by atoms with E-state index in [9.17, 15) is 13.2 Å². The Kier molecular flexibility index (Phi) is 5.61. The number of carbonyl (C=O) groups excluding carboxylic acids is 1. The second-order valence-corrected chi connectivity index (χ2v) is 8.47. The summed E-state index contributed by atoms with van der Waals surface area (Å²) in [5, 5.41) is -0.804. The third-order valence-corrected chi connectivity index (χ3v) is 6.54. The van der Waals surface area contributed by atoms with Crippen molar-refractivity contribution in [3.63, 3.8) is 0 Å². The van der Waals surface area contributed by atoms with Crippen molar-refractivity contribution in [2.24, 2.45) is 0 Å². The Morgan fingerprint density at radius 1 is 1.19 bits per heavy atom. The lowest BCUT2D eigenvalue weighted by Crippen LogP contribution is -2.33. The number of ether oxygens (including phenoxy) is 1. The second-order valence-electron chi connectivity index (χ2n) is 6.32. The molecule has 0 bridgehead atoms. The molecule has 0 saturated heterocycles. The summed E-state index contributed by atoms with van der Waals surface area (Å²) in [5.74, 6) is -0.678. The summed E-state index contributed by atoms with van der Waals surface area (Å²) >= 11 is 0. The van der Waals surface area contributed by atoms with Gasteiger partial charge in [0, 0.05) is 11.9 Å². The van der Waals surface area contributed by atoms with Crippen molar-refractivity contribution in [1.82, 2.24) is 4.57 Å². The molecule has 1 aromatic heterocycles. The fraction of sp³-hybridized carbons (Fsp3) is 0.350. The predicted molar refractivity (Wildman–Crippen MR) is 101 cm³/mol. The van der Waals surface area contributed by atoms with E-state index in [2.05, 4.69) is 0 Å².